The van der Waals surface area contributed by atoms with Gasteiger partial charge in [-0.05, 0) is 45.3 Å². The molecule has 19 heavy (non-hydrogen) atoms. The van der Waals surface area contributed by atoms with Crippen LogP contribution in [0.2, 0.25) is 0 Å². The normalized spacial score (nSPS) is 12.5. The first kappa shape index (κ1) is 13.9. The van der Waals surface area contributed by atoms with Crippen molar-refractivity contribution in [1.29, 1.82) is 0 Å². The second kappa shape index (κ2) is 5.21. The Labute approximate surface area is 109 Å². The van der Waals surface area contributed by atoms with Gasteiger partial charge >= 0.3 is 6.18 Å². The summed E-state index contributed by atoms with van der Waals surface area (Å²) in [5.41, 5.74) is 0.477. The molecule has 1 aromatic heterocycles. The van der Waals surface area contributed by atoms with Crippen LogP contribution >= 0.6 is 0 Å². The third kappa shape index (κ3) is 3.26. The second-order valence-corrected chi connectivity index (χ2v) is 4.80. The minimum atomic E-state index is -4.32. The van der Waals surface area contributed by atoms with Crippen molar-refractivity contribution < 1.29 is 13.2 Å². The fraction of sp³-hybridized carbons (Fsp3) is 0.462. The van der Waals surface area contributed by atoms with Crippen LogP contribution < -0.4 is 0 Å². The highest BCUT2D eigenvalue weighted by molar-refractivity contribution is 5.76. The lowest BCUT2D eigenvalue weighted by Crippen LogP contribution is -2.14. The molecule has 1 heterocycles. The van der Waals surface area contributed by atoms with Gasteiger partial charge in [-0.3, -0.25) is 0 Å². The lowest BCUT2D eigenvalue weighted by Gasteiger charge is -2.10. The van der Waals surface area contributed by atoms with E-state index in [1.807, 2.05) is 18.7 Å². The maximum absolute atomic E-state index is 12.6. The molecular formula is C13H16F3N3. The zero-order valence-corrected chi connectivity index (χ0v) is 10.9. The molecule has 0 N–H and O–H groups in total. The molecule has 6 heteroatoms. The number of imidazole rings is 1. The van der Waals surface area contributed by atoms with E-state index < -0.39 is 11.7 Å². The molecule has 0 atom stereocenters. The molecule has 2 aromatic rings. The molecule has 0 aliphatic heterocycles. The molecule has 0 unspecified atom stereocenters. The van der Waals surface area contributed by atoms with Crippen molar-refractivity contribution in [2.75, 3.05) is 20.6 Å². The number of hydrogen-bond donors (Lipinski definition) is 0. The van der Waals surface area contributed by atoms with Crippen LogP contribution in [-0.4, -0.2) is 35.1 Å². The third-order valence-electron chi connectivity index (χ3n) is 2.95. The fourth-order valence-corrected chi connectivity index (χ4v) is 1.98. The Morgan fingerprint density at radius 2 is 2.00 bits per heavy atom. The summed E-state index contributed by atoms with van der Waals surface area (Å²) in [6, 6.07) is 3.69. The van der Waals surface area contributed by atoms with E-state index in [1.165, 1.54) is 6.07 Å². The predicted molar refractivity (Wildman–Crippen MR) is 67.9 cm³/mol. The van der Waals surface area contributed by atoms with Gasteiger partial charge in [-0.15, -0.1) is 0 Å². The number of aromatic nitrogens is 2. The summed E-state index contributed by atoms with van der Waals surface area (Å²) in [4.78, 5) is 6.11. The van der Waals surface area contributed by atoms with Crippen LogP contribution in [0, 0.1) is 0 Å². The number of alkyl halides is 3. The number of fused-ring (bicyclic) bond motifs is 1. The molecule has 3 nitrogen and oxygen atoms in total. The van der Waals surface area contributed by atoms with Crippen LogP contribution in [0.1, 0.15) is 12.0 Å². The number of nitrogens with zero attached hydrogens (tertiary/aromatic N) is 3. The average Bonchev–Trinajstić information content (AvgIpc) is 2.70. The van der Waals surface area contributed by atoms with Crippen LogP contribution in [0.25, 0.3) is 11.0 Å². The molecule has 1 aromatic carbocycles. The molecule has 0 spiro atoms. The average molecular weight is 271 g/mol. The van der Waals surface area contributed by atoms with Gasteiger partial charge in [0.2, 0.25) is 0 Å². The Hall–Kier alpha value is -1.56. The smallest absolute Gasteiger partial charge is 0.331 e. The Bertz CT molecular complexity index is 558. The summed E-state index contributed by atoms with van der Waals surface area (Å²) in [5.74, 6) is 0. The highest BCUT2D eigenvalue weighted by Gasteiger charge is 2.30. The van der Waals surface area contributed by atoms with Crippen LogP contribution in [0.4, 0.5) is 13.2 Å². The van der Waals surface area contributed by atoms with Crippen molar-refractivity contribution >= 4 is 11.0 Å². The highest BCUT2D eigenvalue weighted by Crippen LogP contribution is 2.31. The van der Waals surface area contributed by atoms with Crippen LogP contribution in [0.15, 0.2) is 24.5 Å². The summed E-state index contributed by atoms with van der Waals surface area (Å²) >= 11 is 0. The van der Waals surface area contributed by atoms with E-state index in [-0.39, 0.29) is 0 Å². The lowest BCUT2D eigenvalue weighted by molar-refractivity contribution is -0.137. The van der Waals surface area contributed by atoms with Crippen molar-refractivity contribution in [2.24, 2.45) is 0 Å². The zero-order valence-electron chi connectivity index (χ0n) is 10.9. The summed E-state index contributed by atoms with van der Waals surface area (Å²) in [6.45, 7) is 1.68. The van der Waals surface area contributed by atoms with Crippen molar-refractivity contribution in [3.8, 4) is 0 Å². The van der Waals surface area contributed by atoms with Crippen LogP contribution in [0.3, 0.4) is 0 Å². The molecule has 2 rings (SSSR count). The van der Waals surface area contributed by atoms with E-state index >= 15 is 0 Å². The monoisotopic (exact) mass is 271 g/mol. The fourth-order valence-electron chi connectivity index (χ4n) is 1.98. The van der Waals surface area contributed by atoms with Crippen LogP contribution in [0.5, 0.6) is 0 Å². The molecule has 0 fully saturated rings. The summed E-state index contributed by atoms with van der Waals surface area (Å²) in [7, 11) is 3.98. The van der Waals surface area contributed by atoms with E-state index in [0.29, 0.717) is 5.52 Å². The third-order valence-corrected chi connectivity index (χ3v) is 2.95. The number of benzene rings is 1. The molecule has 0 aliphatic carbocycles. The maximum Gasteiger partial charge on any atom is 0.416 e. The minimum absolute atomic E-state index is 0.389. The van der Waals surface area contributed by atoms with E-state index in [2.05, 4.69) is 9.88 Å². The molecule has 104 valence electrons. The topological polar surface area (TPSA) is 21.1 Å². The zero-order chi connectivity index (χ0) is 14.0. The lowest BCUT2D eigenvalue weighted by atomic mass is 10.2. The van der Waals surface area contributed by atoms with Gasteiger partial charge in [0.25, 0.3) is 0 Å². The molecule has 0 saturated carbocycles. The van der Waals surface area contributed by atoms with Gasteiger partial charge in [0.05, 0.1) is 22.9 Å². The van der Waals surface area contributed by atoms with Gasteiger partial charge in [0.1, 0.15) is 0 Å². The molecule has 0 bridgehead atoms. The van der Waals surface area contributed by atoms with Crippen LogP contribution in [-0.2, 0) is 12.7 Å². The van der Waals surface area contributed by atoms with E-state index in [9.17, 15) is 13.2 Å². The van der Waals surface area contributed by atoms with Gasteiger partial charge in [-0.1, -0.05) is 0 Å². The molecule has 0 saturated heterocycles. The van der Waals surface area contributed by atoms with Crippen molar-refractivity contribution in [2.45, 2.75) is 19.1 Å². The Balaban J connectivity index is 2.20. The van der Waals surface area contributed by atoms with Crippen molar-refractivity contribution in [3.63, 3.8) is 0 Å². The standard InChI is InChI=1S/C13H16F3N3/c1-18(2)6-3-7-19-9-17-11-8-10(13(14,15)16)4-5-12(11)19/h4-5,8-9H,3,6-7H2,1-2H3. The molecule has 0 aliphatic rings. The first-order valence-corrected chi connectivity index (χ1v) is 6.05. The number of aryl methyl sites for hydroxylation is 1. The van der Waals surface area contributed by atoms with Gasteiger partial charge in [0, 0.05) is 6.54 Å². The summed E-state index contributed by atoms with van der Waals surface area (Å²) in [5, 5.41) is 0. The first-order chi connectivity index (χ1) is 8.88. The highest BCUT2D eigenvalue weighted by atomic mass is 19.4. The van der Waals surface area contributed by atoms with Gasteiger partial charge in [-0.25, -0.2) is 4.98 Å². The SMILES string of the molecule is CN(C)CCCn1cnc2cc(C(F)(F)F)ccc21. The largest absolute Gasteiger partial charge is 0.416 e. The Morgan fingerprint density at radius 1 is 1.26 bits per heavy atom. The van der Waals surface area contributed by atoms with E-state index in [1.54, 1.807) is 6.33 Å². The van der Waals surface area contributed by atoms with Crippen molar-refractivity contribution in [1.82, 2.24) is 14.5 Å². The minimum Gasteiger partial charge on any atom is -0.331 e. The van der Waals surface area contributed by atoms with Gasteiger partial charge < -0.3 is 9.47 Å². The Kier molecular flexibility index (Phi) is 3.80. The summed E-state index contributed by atoms with van der Waals surface area (Å²) < 4.78 is 39.6. The van der Waals surface area contributed by atoms with Crippen molar-refractivity contribution in [3.05, 3.63) is 30.1 Å². The van der Waals surface area contributed by atoms with E-state index in [0.717, 1.165) is 37.2 Å². The Morgan fingerprint density at radius 3 is 2.63 bits per heavy atom. The van der Waals surface area contributed by atoms with Gasteiger partial charge in [-0.2, -0.15) is 13.2 Å². The molecular weight excluding hydrogens is 255 g/mol. The number of hydrogen-bond acceptors (Lipinski definition) is 2. The maximum atomic E-state index is 12.6. The predicted octanol–water partition coefficient (Wildman–Crippen LogP) is 3.01. The summed E-state index contributed by atoms with van der Waals surface area (Å²) in [6.07, 6.45) is -1.79. The first-order valence-electron chi connectivity index (χ1n) is 6.05. The van der Waals surface area contributed by atoms with E-state index in [4.69, 9.17) is 0 Å². The number of rotatable bonds is 4. The molecule has 0 radical (unpaired) electrons. The molecule has 0 amide bonds. The van der Waals surface area contributed by atoms with Gasteiger partial charge in [0.15, 0.2) is 0 Å². The second-order valence-electron chi connectivity index (χ2n) is 4.80. The quantitative estimate of drug-likeness (QED) is 0.852. The number of halogens is 3.